The molecule has 5 nitrogen and oxygen atoms in total. The first-order valence-electron chi connectivity index (χ1n) is 5.99. The van der Waals surface area contributed by atoms with Gasteiger partial charge < -0.3 is 9.84 Å². The molecule has 6 heteroatoms. The SMILES string of the molecule is CCOc1cc(Sc2ccccc2O)ccc1[N+](=O)[O-]. The van der Waals surface area contributed by atoms with Gasteiger partial charge in [0, 0.05) is 17.0 Å². The van der Waals surface area contributed by atoms with Gasteiger partial charge in [-0.15, -0.1) is 0 Å². The number of nitro groups is 1. The average molecular weight is 291 g/mol. The van der Waals surface area contributed by atoms with Crippen molar-refractivity contribution in [3.8, 4) is 11.5 Å². The highest BCUT2D eigenvalue weighted by Crippen LogP contribution is 2.38. The second-order valence-electron chi connectivity index (χ2n) is 3.89. The van der Waals surface area contributed by atoms with Crippen LogP contribution in [-0.4, -0.2) is 16.6 Å². The van der Waals surface area contributed by atoms with Gasteiger partial charge in [0.2, 0.25) is 0 Å². The van der Waals surface area contributed by atoms with Crippen molar-refractivity contribution in [3.05, 3.63) is 52.6 Å². The molecule has 0 spiro atoms. The topological polar surface area (TPSA) is 72.6 Å². The molecule has 1 N–H and O–H groups in total. The van der Waals surface area contributed by atoms with E-state index in [9.17, 15) is 15.2 Å². The largest absolute Gasteiger partial charge is 0.507 e. The molecule has 0 saturated carbocycles. The first kappa shape index (κ1) is 14.2. The molecule has 2 aromatic carbocycles. The van der Waals surface area contributed by atoms with E-state index in [1.807, 2.05) is 6.07 Å². The lowest BCUT2D eigenvalue weighted by atomic mass is 10.3. The Morgan fingerprint density at radius 3 is 2.70 bits per heavy atom. The van der Waals surface area contributed by atoms with E-state index in [1.165, 1.54) is 17.8 Å². The van der Waals surface area contributed by atoms with Crippen LogP contribution in [0, 0.1) is 10.1 Å². The number of phenolic OH excluding ortho intramolecular Hbond substituents is 1. The fourth-order valence-electron chi connectivity index (χ4n) is 1.65. The zero-order chi connectivity index (χ0) is 14.5. The summed E-state index contributed by atoms with van der Waals surface area (Å²) in [5, 5.41) is 20.6. The van der Waals surface area contributed by atoms with Crippen molar-refractivity contribution in [2.45, 2.75) is 16.7 Å². The quantitative estimate of drug-likeness (QED) is 0.669. The summed E-state index contributed by atoms with van der Waals surface area (Å²) < 4.78 is 5.29. The lowest BCUT2D eigenvalue weighted by Crippen LogP contribution is -1.97. The summed E-state index contributed by atoms with van der Waals surface area (Å²) in [6, 6.07) is 11.6. The summed E-state index contributed by atoms with van der Waals surface area (Å²) in [6.07, 6.45) is 0. The van der Waals surface area contributed by atoms with E-state index in [-0.39, 0.29) is 17.2 Å². The van der Waals surface area contributed by atoms with Gasteiger partial charge in [0.1, 0.15) is 5.75 Å². The van der Waals surface area contributed by atoms with Crippen LogP contribution in [0.2, 0.25) is 0 Å². The first-order valence-corrected chi connectivity index (χ1v) is 6.80. The lowest BCUT2D eigenvalue weighted by Gasteiger charge is -2.07. The molecule has 2 aromatic rings. The van der Waals surface area contributed by atoms with Gasteiger partial charge in [0.25, 0.3) is 0 Å². The Hall–Kier alpha value is -2.21. The predicted octanol–water partition coefficient (Wildman–Crippen LogP) is 3.85. The number of ether oxygens (including phenoxy) is 1. The van der Waals surface area contributed by atoms with Crippen LogP contribution in [0.1, 0.15) is 6.92 Å². The van der Waals surface area contributed by atoms with E-state index < -0.39 is 4.92 Å². The van der Waals surface area contributed by atoms with Crippen LogP contribution in [0.5, 0.6) is 11.5 Å². The van der Waals surface area contributed by atoms with Crippen LogP contribution in [0.3, 0.4) is 0 Å². The second-order valence-corrected chi connectivity index (χ2v) is 5.00. The molecule has 0 heterocycles. The van der Waals surface area contributed by atoms with E-state index in [2.05, 4.69) is 0 Å². The van der Waals surface area contributed by atoms with Gasteiger partial charge in [-0.25, -0.2) is 0 Å². The van der Waals surface area contributed by atoms with Gasteiger partial charge in [-0.05, 0) is 25.1 Å². The molecule has 0 amide bonds. The Morgan fingerprint density at radius 2 is 2.05 bits per heavy atom. The van der Waals surface area contributed by atoms with Crippen LogP contribution >= 0.6 is 11.8 Å². The first-order chi connectivity index (χ1) is 9.61. The minimum Gasteiger partial charge on any atom is -0.507 e. The van der Waals surface area contributed by atoms with Crippen LogP contribution in [-0.2, 0) is 0 Å². The fourth-order valence-corrected chi connectivity index (χ4v) is 2.53. The number of benzene rings is 2. The molecule has 0 bridgehead atoms. The predicted molar refractivity (Wildman–Crippen MR) is 76.5 cm³/mol. The summed E-state index contributed by atoms with van der Waals surface area (Å²) in [6.45, 7) is 2.12. The summed E-state index contributed by atoms with van der Waals surface area (Å²) in [7, 11) is 0. The molecule has 20 heavy (non-hydrogen) atoms. The monoisotopic (exact) mass is 291 g/mol. The number of para-hydroxylation sites is 1. The van der Waals surface area contributed by atoms with Gasteiger partial charge in [0.15, 0.2) is 5.75 Å². The molecule has 0 unspecified atom stereocenters. The van der Waals surface area contributed by atoms with Crippen molar-refractivity contribution in [2.24, 2.45) is 0 Å². The van der Waals surface area contributed by atoms with Gasteiger partial charge in [-0.2, -0.15) is 0 Å². The third-order valence-electron chi connectivity index (χ3n) is 2.52. The van der Waals surface area contributed by atoms with Crippen molar-refractivity contribution >= 4 is 17.4 Å². The van der Waals surface area contributed by atoms with Gasteiger partial charge in [0.05, 0.1) is 16.4 Å². The zero-order valence-corrected chi connectivity index (χ0v) is 11.6. The molecule has 104 valence electrons. The number of nitro benzene ring substituents is 1. The molecular formula is C14H13NO4S. The fraction of sp³-hybridized carbons (Fsp3) is 0.143. The Balaban J connectivity index is 2.32. The maximum absolute atomic E-state index is 10.9. The second kappa shape index (κ2) is 6.29. The molecule has 2 rings (SSSR count). The van der Waals surface area contributed by atoms with Crippen LogP contribution in [0.15, 0.2) is 52.3 Å². The van der Waals surface area contributed by atoms with E-state index >= 15 is 0 Å². The molecule has 0 atom stereocenters. The Morgan fingerprint density at radius 1 is 1.30 bits per heavy atom. The number of hydrogen-bond acceptors (Lipinski definition) is 5. The standard InChI is InChI=1S/C14H13NO4S/c1-2-19-13-9-10(7-8-11(13)15(17)18)20-14-6-4-3-5-12(14)16/h3-9,16H,2H2,1H3. The summed E-state index contributed by atoms with van der Waals surface area (Å²) in [5.74, 6) is 0.409. The minimum atomic E-state index is -0.473. The lowest BCUT2D eigenvalue weighted by molar-refractivity contribution is -0.385. The summed E-state index contributed by atoms with van der Waals surface area (Å²) >= 11 is 1.32. The third kappa shape index (κ3) is 3.21. The van der Waals surface area contributed by atoms with Crippen molar-refractivity contribution in [3.63, 3.8) is 0 Å². The molecular weight excluding hydrogens is 278 g/mol. The molecule has 0 aliphatic carbocycles. The maximum Gasteiger partial charge on any atom is 0.310 e. The third-order valence-corrected chi connectivity index (χ3v) is 3.58. The smallest absolute Gasteiger partial charge is 0.310 e. The number of phenols is 1. The summed E-state index contributed by atoms with van der Waals surface area (Å²) in [4.78, 5) is 11.9. The average Bonchev–Trinajstić information content (AvgIpc) is 2.42. The summed E-state index contributed by atoms with van der Waals surface area (Å²) in [5.41, 5.74) is -0.0616. The highest BCUT2D eigenvalue weighted by atomic mass is 32.2. The van der Waals surface area contributed by atoms with Crippen molar-refractivity contribution in [2.75, 3.05) is 6.61 Å². The van der Waals surface area contributed by atoms with E-state index in [0.29, 0.717) is 11.5 Å². The molecule has 0 fully saturated rings. The van der Waals surface area contributed by atoms with Crippen LogP contribution in [0.4, 0.5) is 5.69 Å². The van der Waals surface area contributed by atoms with Gasteiger partial charge in [-0.3, -0.25) is 10.1 Å². The highest BCUT2D eigenvalue weighted by molar-refractivity contribution is 7.99. The van der Waals surface area contributed by atoms with Crippen LogP contribution in [0.25, 0.3) is 0 Å². The molecule has 0 aliphatic rings. The molecule has 0 aromatic heterocycles. The van der Waals surface area contributed by atoms with E-state index in [4.69, 9.17) is 4.74 Å². The van der Waals surface area contributed by atoms with E-state index in [0.717, 1.165) is 4.90 Å². The Bertz CT molecular complexity index is 630. The molecule has 0 aliphatic heterocycles. The number of rotatable bonds is 5. The number of aromatic hydroxyl groups is 1. The van der Waals surface area contributed by atoms with Crippen LogP contribution < -0.4 is 4.74 Å². The highest BCUT2D eigenvalue weighted by Gasteiger charge is 2.16. The minimum absolute atomic E-state index is 0.0616. The molecule has 0 radical (unpaired) electrons. The van der Waals surface area contributed by atoms with Crippen molar-refractivity contribution < 1.29 is 14.8 Å². The normalized spacial score (nSPS) is 10.2. The Labute approximate surface area is 120 Å². The van der Waals surface area contributed by atoms with Crippen molar-refractivity contribution in [1.82, 2.24) is 0 Å². The zero-order valence-electron chi connectivity index (χ0n) is 10.8. The molecule has 0 saturated heterocycles. The number of nitrogens with zero attached hydrogens (tertiary/aromatic N) is 1. The maximum atomic E-state index is 10.9. The van der Waals surface area contributed by atoms with Gasteiger partial charge in [-0.1, -0.05) is 23.9 Å². The Kier molecular flexibility index (Phi) is 4.47. The van der Waals surface area contributed by atoms with E-state index in [1.54, 1.807) is 37.3 Å². The van der Waals surface area contributed by atoms with Crippen molar-refractivity contribution in [1.29, 1.82) is 0 Å². The number of hydrogen-bond donors (Lipinski definition) is 1. The van der Waals surface area contributed by atoms with Gasteiger partial charge >= 0.3 is 5.69 Å².